The Kier molecular flexibility index (Phi) is 9.61. The summed E-state index contributed by atoms with van der Waals surface area (Å²) in [5.41, 5.74) is 8.09. The molecule has 3 rings (SSSR count). The first-order valence-corrected chi connectivity index (χ1v) is 13.1. The fourth-order valence-corrected chi connectivity index (χ4v) is 6.40. The number of benzene rings is 1. The van der Waals surface area contributed by atoms with E-state index in [-0.39, 0.29) is 11.5 Å². The molecule has 2 fully saturated rings. The highest BCUT2D eigenvalue weighted by Gasteiger charge is 2.55. The molecule has 0 spiro atoms. The second kappa shape index (κ2) is 11.6. The van der Waals surface area contributed by atoms with Crippen molar-refractivity contribution in [3.63, 3.8) is 0 Å². The minimum absolute atomic E-state index is 0.0103. The van der Waals surface area contributed by atoms with Gasteiger partial charge in [0.15, 0.2) is 0 Å². The molecule has 33 heavy (non-hydrogen) atoms. The minimum Gasteiger partial charge on any atom is -0.393 e. The van der Waals surface area contributed by atoms with Crippen LogP contribution >= 0.6 is 0 Å². The van der Waals surface area contributed by atoms with Gasteiger partial charge in [-0.1, -0.05) is 63.1 Å². The third kappa shape index (κ3) is 5.65. The van der Waals surface area contributed by atoms with Crippen molar-refractivity contribution in [1.29, 1.82) is 0 Å². The van der Waals surface area contributed by atoms with Gasteiger partial charge in [0, 0.05) is 25.7 Å². The molecule has 1 N–H and O–H groups in total. The lowest BCUT2D eigenvalue weighted by Crippen LogP contribution is -2.43. The van der Waals surface area contributed by atoms with Crippen LogP contribution in [0.25, 0.3) is 0 Å². The van der Waals surface area contributed by atoms with Crippen LogP contribution in [0.4, 0.5) is 5.69 Å². The first-order chi connectivity index (χ1) is 15.6. The standard InChI is InChI=1S/C29H43NO.C2H6/c1-9-23-26-16-17-27(31)29(26,6)18-25(21-11-13-22(14-12-21)30(7)8)28(23)24(20(4)5)15-10-19(2)3;1-2/h11-14,23,25-27,31H,2,4,9-10,15-18H2,1,3,5-8H3;1-2H3/b28-24+;. The summed E-state index contributed by atoms with van der Waals surface area (Å²) >= 11 is 0. The van der Waals surface area contributed by atoms with Crippen LogP contribution in [0.1, 0.15) is 91.5 Å². The van der Waals surface area contributed by atoms with E-state index in [4.69, 9.17) is 0 Å². The van der Waals surface area contributed by atoms with E-state index in [2.05, 4.69) is 84.1 Å². The molecular formula is C31H49NO. The summed E-state index contributed by atoms with van der Waals surface area (Å²) in [4.78, 5) is 2.15. The highest BCUT2D eigenvalue weighted by atomic mass is 16.3. The van der Waals surface area contributed by atoms with Gasteiger partial charge in [-0.2, -0.15) is 0 Å². The molecule has 2 aliphatic rings. The predicted molar refractivity (Wildman–Crippen MR) is 146 cm³/mol. The van der Waals surface area contributed by atoms with Gasteiger partial charge in [0.25, 0.3) is 0 Å². The van der Waals surface area contributed by atoms with E-state index in [0.29, 0.717) is 17.8 Å². The number of rotatable bonds is 7. The Morgan fingerprint density at radius 3 is 2.15 bits per heavy atom. The fraction of sp³-hybridized carbons (Fsp3) is 0.613. The van der Waals surface area contributed by atoms with Crippen molar-refractivity contribution in [2.45, 2.75) is 92.1 Å². The summed E-state index contributed by atoms with van der Waals surface area (Å²) < 4.78 is 0. The number of aliphatic hydroxyl groups excluding tert-OH is 1. The first kappa shape index (κ1) is 27.4. The van der Waals surface area contributed by atoms with E-state index in [1.54, 1.807) is 5.57 Å². The van der Waals surface area contributed by atoms with Crippen LogP contribution in [0.5, 0.6) is 0 Å². The van der Waals surface area contributed by atoms with Gasteiger partial charge in [-0.3, -0.25) is 0 Å². The van der Waals surface area contributed by atoms with Crippen LogP contribution < -0.4 is 4.90 Å². The Morgan fingerprint density at radius 2 is 1.67 bits per heavy atom. The summed E-state index contributed by atoms with van der Waals surface area (Å²) in [6.07, 6.45) is 6.06. The number of hydrogen-bond donors (Lipinski definition) is 1. The first-order valence-electron chi connectivity index (χ1n) is 13.1. The topological polar surface area (TPSA) is 23.5 Å². The molecule has 2 heteroatoms. The van der Waals surface area contributed by atoms with E-state index in [1.807, 2.05) is 13.8 Å². The van der Waals surface area contributed by atoms with Crippen LogP contribution in [0.15, 0.2) is 59.7 Å². The average molecular weight is 452 g/mol. The zero-order chi connectivity index (χ0) is 24.9. The number of nitrogens with zero attached hydrogens (tertiary/aromatic N) is 1. The van der Waals surface area contributed by atoms with Gasteiger partial charge in [-0.15, -0.1) is 6.58 Å². The van der Waals surface area contributed by atoms with Gasteiger partial charge in [-0.25, -0.2) is 0 Å². The second-order valence-corrected chi connectivity index (χ2v) is 10.6. The molecule has 0 saturated heterocycles. The second-order valence-electron chi connectivity index (χ2n) is 10.6. The maximum absolute atomic E-state index is 11.0. The Morgan fingerprint density at radius 1 is 1.06 bits per heavy atom. The highest BCUT2D eigenvalue weighted by molar-refractivity contribution is 5.50. The normalized spacial score (nSPS) is 30.1. The fourth-order valence-electron chi connectivity index (χ4n) is 6.40. The third-order valence-electron chi connectivity index (χ3n) is 8.18. The molecule has 2 nitrogen and oxygen atoms in total. The van der Waals surface area contributed by atoms with Crippen molar-refractivity contribution in [3.8, 4) is 0 Å². The molecule has 0 radical (unpaired) electrons. The molecule has 184 valence electrons. The summed E-state index contributed by atoms with van der Waals surface area (Å²) in [6.45, 7) is 21.6. The number of anilines is 1. The largest absolute Gasteiger partial charge is 0.393 e. The quantitative estimate of drug-likeness (QED) is 0.421. The molecule has 5 unspecified atom stereocenters. The Labute approximate surface area is 204 Å². The van der Waals surface area contributed by atoms with Gasteiger partial charge in [0.1, 0.15) is 0 Å². The van der Waals surface area contributed by atoms with Gasteiger partial charge in [0.05, 0.1) is 6.10 Å². The van der Waals surface area contributed by atoms with Crippen LogP contribution in [-0.2, 0) is 0 Å². The van der Waals surface area contributed by atoms with Crippen molar-refractivity contribution in [2.24, 2.45) is 17.3 Å². The molecule has 2 saturated carbocycles. The van der Waals surface area contributed by atoms with Crippen LogP contribution in [-0.4, -0.2) is 25.3 Å². The van der Waals surface area contributed by atoms with Gasteiger partial charge in [-0.05, 0) is 92.9 Å². The maximum Gasteiger partial charge on any atom is 0.0597 e. The number of allylic oxidation sites excluding steroid dienone is 4. The molecule has 1 aromatic carbocycles. The lowest BCUT2D eigenvalue weighted by Gasteiger charge is -2.50. The Bertz CT molecular complexity index is 846. The number of hydrogen-bond acceptors (Lipinski definition) is 2. The monoisotopic (exact) mass is 451 g/mol. The molecule has 1 aromatic rings. The Balaban J connectivity index is 0.00000187. The van der Waals surface area contributed by atoms with Crippen LogP contribution in [0.2, 0.25) is 0 Å². The van der Waals surface area contributed by atoms with E-state index < -0.39 is 0 Å². The van der Waals surface area contributed by atoms with E-state index in [0.717, 1.165) is 38.5 Å². The van der Waals surface area contributed by atoms with Gasteiger partial charge < -0.3 is 10.0 Å². The summed E-state index contributed by atoms with van der Waals surface area (Å²) in [5.74, 6) is 1.40. The SMILES string of the molecule is C=C(C)CC/C(C(=C)C)=C1\C(c2ccc(N(C)C)cc2)CC2(C)C(O)CCC2C1CC.CC. The van der Waals surface area contributed by atoms with Crippen molar-refractivity contribution in [3.05, 3.63) is 65.3 Å². The predicted octanol–water partition coefficient (Wildman–Crippen LogP) is 8.30. The smallest absolute Gasteiger partial charge is 0.0597 e. The lowest BCUT2D eigenvalue weighted by atomic mass is 9.55. The van der Waals surface area contributed by atoms with Crippen LogP contribution in [0, 0.1) is 17.3 Å². The van der Waals surface area contributed by atoms with Crippen LogP contribution in [0.3, 0.4) is 0 Å². The molecular weight excluding hydrogens is 402 g/mol. The van der Waals surface area contributed by atoms with E-state index >= 15 is 0 Å². The van der Waals surface area contributed by atoms with Crippen molar-refractivity contribution in [1.82, 2.24) is 0 Å². The molecule has 2 aliphatic carbocycles. The van der Waals surface area contributed by atoms with E-state index in [9.17, 15) is 5.11 Å². The molecule has 0 amide bonds. The van der Waals surface area contributed by atoms with Gasteiger partial charge >= 0.3 is 0 Å². The average Bonchev–Trinajstić information content (AvgIpc) is 3.08. The molecule has 5 atom stereocenters. The van der Waals surface area contributed by atoms with E-state index in [1.165, 1.54) is 28.0 Å². The van der Waals surface area contributed by atoms with Crippen molar-refractivity contribution < 1.29 is 5.11 Å². The highest BCUT2D eigenvalue weighted by Crippen LogP contribution is 2.61. The zero-order valence-electron chi connectivity index (χ0n) is 22.7. The Hall–Kier alpha value is -1.80. The van der Waals surface area contributed by atoms with Crippen molar-refractivity contribution >= 4 is 5.69 Å². The van der Waals surface area contributed by atoms with Gasteiger partial charge in [0.2, 0.25) is 0 Å². The molecule has 0 bridgehead atoms. The third-order valence-corrected chi connectivity index (χ3v) is 8.18. The zero-order valence-corrected chi connectivity index (χ0v) is 22.7. The molecule has 0 aliphatic heterocycles. The summed E-state index contributed by atoms with van der Waals surface area (Å²) in [7, 11) is 4.18. The molecule has 0 heterocycles. The summed E-state index contributed by atoms with van der Waals surface area (Å²) in [6, 6.07) is 9.10. The summed E-state index contributed by atoms with van der Waals surface area (Å²) in [5, 5.41) is 11.0. The number of aliphatic hydroxyl groups is 1. The maximum atomic E-state index is 11.0. The molecule has 0 aromatic heterocycles. The number of fused-ring (bicyclic) bond motifs is 1. The lowest BCUT2D eigenvalue weighted by molar-refractivity contribution is -0.00123. The minimum atomic E-state index is -0.194. The van der Waals surface area contributed by atoms with Crippen molar-refractivity contribution in [2.75, 3.05) is 19.0 Å².